The third-order valence-electron chi connectivity index (χ3n) is 4.07. The molecule has 2 heterocycles. The number of carbonyl (C=O) groups excluding carboxylic acids is 1. The molecule has 0 aliphatic carbocycles. The summed E-state index contributed by atoms with van der Waals surface area (Å²) in [5.74, 6) is 1.11. The number of hydrogen-bond acceptors (Lipinski definition) is 2. The van der Waals surface area contributed by atoms with Crippen molar-refractivity contribution in [2.45, 2.75) is 51.4 Å². The van der Waals surface area contributed by atoms with Crippen molar-refractivity contribution < 1.29 is 9.53 Å². The van der Waals surface area contributed by atoms with Gasteiger partial charge in [-0.25, -0.2) is 0 Å². The third kappa shape index (κ3) is 4.30. The van der Waals surface area contributed by atoms with Crippen LogP contribution in [0, 0.1) is 5.92 Å². The molecule has 0 spiro atoms. The Morgan fingerprint density at radius 2 is 1.71 bits per heavy atom. The zero-order valence-electron chi connectivity index (χ0n) is 10.8. The lowest BCUT2D eigenvalue weighted by Crippen LogP contribution is -2.32. The second-order valence-corrected chi connectivity index (χ2v) is 5.39. The predicted octanol–water partition coefficient (Wildman–Crippen LogP) is 2.60. The van der Waals surface area contributed by atoms with E-state index < -0.39 is 0 Å². The molecule has 2 aliphatic heterocycles. The summed E-state index contributed by atoms with van der Waals surface area (Å²) >= 11 is 0. The van der Waals surface area contributed by atoms with Crippen molar-refractivity contribution in [3.63, 3.8) is 0 Å². The molecule has 0 saturated carbocycles. The van der Waals surface area contributed by atoms with Crippen molar-refractivity contribution in [3.8, 4) is 0 Å². The van der Waals surface area contributed by atoms with Gasteiger partial charge in [-0.05, 0) is 38.0 Å². The summed E-state index contributed by atoms with van der Waals surface area (Å²) in [4.78, 5) is 14.2. The highest BCUT2D eigenvalue weighted by atomic mass is 16.5. The zero-order chi connectivity index (χ0) is 11.9. The van der Waals surface area contributed by atoms with E-state index in [-0.39, 0.29) is 0 Å². The third-order valence-corrected chi connectivity index (χ3v) is 4.07. The largest absolute Gasteiger partial charge is 0.381 e. The Hall–Kier alpha value is -0.570. The molecule has 2 saturated heterocycles. The Morgan fingerprint density at radius 3 is 2.35 bits per heavy atom. The lowest BCUT2D eigenvalue weighted by atomic mass is 9.94. The molecule has 3 nitrogen and oxygen atoms in total. The molecule has 17 heavy (non-hydrogen) atoms. The van der Waals surface area contributed by atoms with Crippen LogP contribution in [0.5, 0.6) is 0 Å². The fourth-order valence-corrected chi connectivity index (χ4v) is 2.84. The Balaban J connectivity index is 1.68. The van der Waals surface area contributed by atoms with Crippen LogP contribution in [-0.2, 0) is 9.53 Å². The molecule has 0 radical (unpaired) electrons. The summed E-state index contributed by atoms with van der Waals surface area (Å²) < 4.78 is 5.34. The zero-order valence-corrected chi connectivity index (χ0v) is 10.8. The highest BCUT2D eigenvalue weighted by Gasteiger charge is 2.19. The fourth-order valence-electron chi connectivity index (χ4n) is 2.84. The Morgan fingerprint density at radius 1 is 1.06 bits per heavy atom. The van der Waals surface area contributed by atoms with Crippen LogP contribution in [0.3, 0.4) is 0 Å². The molecule has 0 aromatic carbocycles. The quantitative estimate of drug-likeness (QED) is 0.757. The number of carbonyl (C=O) groups is 1. The van der Waals surface area contributed by atoms with E-state index in [0.29, 0.717) is 5.91 Å². The molecule has 0 aromatic heterocycles. The Kier molecular flexibility index (Phi) is 5.30. The van der Waals surface area contributed by atoms with Gasteiger partial charge in [-0.3, -0.25) is 4.79 Å². The molecule has 2 rings (SSSR count). The summed E-state index contributed by atoms with van der Waals surface area (Å²) in [6.45, 7) is 3.77. The maximum Gasteiger partial charge on any atom is 0.222 e. The normalized spacial score (nSPS) is 23.4. The second-order valence-electron chi connectivity index (χ2n) is 5.39. The fraction of sp³-hybridized carbons (Fsp3) is 0.929. The van der Waals surface area contributed by atoms with Crippen LogP contribution in [-0.4, -0.2) is 37.1 Å². The average molecular weight is 239 g/mol. The minimum absolute atomic E-state index is 0.387. The maximum atomic E-state index is 12.1. The molecule has 2 aliphatic rings. The molecule has 0 N–H and O–H groups in total. The molecular weight excluding hydrogens is 214 g/mol. The lowest BCUT2D eigenvalue weighted by molar-refractivity contribution is -0.131. The highest BCUT2D eigenvalue weighted by Crippen LogP contribution is 2.21. The van der Waals surface area contributed by atoms with Crippen LogP contribution in [0.1, 0.15) is 51.4 Å². The van der Waals surface area contributed by atoms with Gasteiger partial charge in [-0.15, -0.1) is 0 Å². The van der Waals surface area contributed by atoms with Crippen molar-refractivity contribution in [1.29, 1.82) is 0 Å². The van der Waals surface area contributed by atoms with Crippen molar-refractivity contribution in [2.75, 3.05) is 26.3 Å². The lowest BCUT2D eigenvalue weighted by Gasteiger charge is -2.24. The summed E-state index contributed by atoms with van der Waals surface area (Å²) in [7, 11) is 0. The number of amides is 1. The predicted molar refractivity (Wildman–Crippen MR) is 67.8 cm³/mol. The van der Waals surface area contributed by atoms with Gasteiger partial charge >= 0.3 is 0 Å². The summed E-state index contributed by atoms with van der Waals surface area (Å²) in [6, 6.07) is 0. The minimum atomic E-state index is 0.387. The first-order valence-corrected chi connectivity index (χ1v) is 7.22. The van der Waals surface area contributed by atoms with Crippen LogP contribution < -0.4 is 0 Å². The molecule has 3 heteroatoms. The van der Waals surface area contributed by atoms with Crippen molar-refractivity contribution in [1.82, 2.24) is 4.90 Å². The summed E-state index contributed by atoms with van der Waals surface area (Å²) in [6.07, 6.45) is 9.10. The second kappa shape index (κ2) is 7.00. The van der Waals surface area contributed by atoms with Crippen LogP contribution in [0.15, 0.2) is 0 Å². The van der Waals surface area contributed by atoms with Crippen LogP contribution >= 0.6 is 0 Å². The average Bonchev–Trinajstić information content (AvgIpc) is 2.66. The van der Waals surface area contributed by atoms with E-state index >= 15 is 0 Å². The highest BCUT2D eigenvalue weighted by molar-refractivity contribution is 5.76. The summed E-state index contributed by atoms with van der Waals surface area (Å²) in [5, 5.41) is 0. The first-order valence-electron chi connectivity index (χ1n) is 7.22. The molecule has 98 valence electrons. The van der Waals surface area contributed by atoms with E-state index in [9.17, 15) is 4.79 Å². The van der Waals surface area contributed by atoms with Gasteiger partial charge in [-0.2, -0.15) is 0 Å². The number of likely N-dealkylation sites (tertiary alicyclic amines) is 1. The molecule has 0 bridgehead atoms. The van der Waals surface area contributed by atoms with Crippen LogP contribution in [0.2, 0.25) is 0 Å². The minimum Gasteiger partial charge on any atom is -0.381 e. The van der Waals surface area contributed by atoms with Gasteiger partial charge in [-0.1, -0.05) is 12.8 Å². The Bertz CT molecular complexity index is 228. The van der Waals surface area contributed by atoms with Gasteiger partial charge in [0.25, 0.3) is 0 Å². The van der Waals surface area contributed by atoms with E-state index in [4.69, 9.17) is 4.74 Å². The number of hydrogen-bond donors (Lipinski definition) is 0. The van der Waals surface area contributed by atoms with E-state index in [0.717, 1.165) is 57.9 Å². The number of rotatable bonds is 3. The van der Waals surface area contributed by atoms with E-state index in [1.807, 2.05) is 0 Å². The van der Waals surface area contributed by atoms with Gasteiger partial charge in [0, 0.05) is 32.7 Å². The van der Waals surface area contributed by atoms with Crippen LogP contribution in [0.25, 0.3) is 0 Å². The first kappa shape index (κ1) is 12.9. The van der Waals surface area contributed by atoms with Gasteiger partial charge in [0.1, 0.15) is 0 Å². The molecule has 2 fully saturated rings. The van der Waals surface area contributed by atoms with Crippen molar-refractivity contribution in [3.05, 3.63) is 0 Å². The standard InChI is InChI=1S/C14H25NO2/c16-14(15-9-3-1-2-4-10-15)6-5-13-7-11-17-12-8-13/h13H,1-12H2. The molecule has 0 atom stereocenters. The molecular formula is C14H25NO2. The maximum absolute atomic E-state index is 12.1. The van der Waals surface area contributed by atoms with Crippen molar-refractivity contribution in [2.24, 2.45) is 5.92 Å². The topological polar surface area (TPSA) is 29.5 Å². The van der Waals surface area contributed by atoms with Crippen molar-refractivity contribution >= 4 is 5.91 Å². The van der Waals surface area contributed by atoms with Gasteiger partial charge in [0.2, 0.25) is 5.91 Å². The molecule has 0 aromatic rings. The molecule has 0 unspecified atom stereocenters. The van der Waals surface area contributed by atoms with Crippen LogP contribution in [0.4, 0.5) is 0 Å². The smallest absolute Gasteiger partial charge is 0.222 e. The number of ether oxygens (including phenoxy) is 1. The SMILES string of the molecule is O=C(CCC1CCOCC1)N1CCCCCC1. The van der Waals surface area contributed by atoms with Gasteiger partial charge < -0.3 is 9.64 Å². The molecule has 1 amide bonds. The summed E-state index contributed by atoms with van der Waals surface area (Å²) in [5.41, 5.74) is 0. The van der Waals surface area contributed by atoms with E-state index in [2.05, 4.69) is 4.90 Å². The van der Waals surface area contributed by atoms with Gasteiger partial charge in [0.15, 0.2) is 0 Å². The van der Waals surface area contributed by atoms with E-state index in [1.54, 1.807) is 0 Å². The van der Waals surface area contributed by atoms with Gasteiger partial charge in [0.05, 0.1) is 0 Å². The Labute approximate surface area is 105 Å². The van der Waals surface area contributed by atoms with E-state index in [1.165, 1.54) is 25.7 Å². The first-order chi connectivity index (χ1) is 8.36. The monoisotopic (exact) mass is 239 g/mol. The number of nitrogens with zero attached hydrogens (tertiary/aromatic N) is 1.